The van der Waals surface area contributed by atoms with Crippen molar-refractivity contribution >= 4 is 13.8 Å². The second kappa shape index (κ2) is 9.44. The molecule has 0 amide bonds. The predicted molar refractivity (Wildman–Crippen MR) is 114 cm³/mol. The average Bonchev–Trinajstić information content (AvgIpc) is 3.34. The number of ether oxygens (including phenoxy) is 2. The molecule has 184 valence electrons. The number of H-pyrrole nitrogens is 1. The molecule has 2 unspecified atom stereocenters. The molecule has 2 aliphatic heterocycles. The van der Waals surface area contributed by atoms with Crippen LogP contribution in [-0.2, 0) is 32.4 Å². The third kappa shape index (κ3) is 5.16. The summed E-state index contributed by atoms with van der Waals surface area (Å²) in [5.74, 6) is -0.733. The molecule has 13 heteroatoms. The van der Waals surface area contributed by atoms with Crippen molar-refractivity contribution in [2.24, 2.45) is 11.7 Å². The summed E-state index contributed by atoms with van der Waals surface area (Å²) in [4.78, 5) is 37.9. The van der Waals surface area contributed by atoms with Gasteiger partial charge < -0.3 is 15.2 Å². The fourth-order valence-electron chi connectivity index (χ4n) is 4.36. The number of aromatic nitrogens is 2. The molecule has 3 N–H and O–H groups in total. The number of fused-ring (bicyclic) bond motifs is 1. The largest absolute Gasteiger partial charge is 0.475 e. The van der Waals surface area contributed by atoms with E-state index in [0.29, 0.717) is 0 Å². The molecule has 0 aromatic carbocycles. The van der Waals surface area contributed by atoms with Crippen molar-refractivity contribution in [1.82, 2.24) is 9.55 Å². The molecule has 1 aliphatic carbocycles. The molecule has 4 rings (SSSR count). The number of aromatic amines is 1. The first-order chi connectivity index (χ1) is 15.6. The molecule has 0 radical (unpaired) electrons. The molecule has 3 fully saturated rings. The Morgan fingerprint density at radius 3 is 2.82 bits per heavy atom. The number of esters is 1. The minimum atomic E-state index is -3.97. The van der Waals surface area contributed by atoms with Gasteiger partial charge in [-0.2, -0.15) is 0 Å². The maximum atomic E-state index is 13.0. The fraction of sp³-hybridized carbons (Fsp3) is 0.750. The molecule has 3 heterocycles. The summed E-state index contributed by atoms with van der Waals surface area (Å²) in [5.41, 5.74) is 3.91. The quantitative estimate of drug-likeness (QED) is 0.422. The Morgan fingerprint density at radius 2 is 2.12 bits per heavy atom. The van der Waals surface area contributed by atoms with E-state index in [2.05, 4.69) is 4.98 Å². The monoisotopic (exact) mass is 487 g/mol. The van der Waals surface area contributed by atoms with Gasteiger partial charge in [0.2, 0.25) is 0 Å². The zero-order chi connectivity index (χ0) is 23.8. The lowest BCUT2D eigenvalue weighted by atomic mass is 9.93. The van der Waals surface area contributed by atoms with E-state index in [9.17, 15) is 18.9 Å². The van der Waals surface area contributed by atoms with Gasteiger partial charge in [-0.3, -0.25) is 32.7 Å². The van der Waals surface area contributed by atoms with Crippen molar-refractivity contribution < 1.29 is 32.4 Å². The van der Waals surface area contributed by atoms with Crippen LogP contribution in [0.1, 0.15) is 52.2 Å². The van der Waals surface area contributed by atoms with Crippen molar-refractivity contribution in [3.8, 4) is 0 Å². The van der Waals surface area contributed by atoms with Crippen LogP contribution in [-0.4, -0.2) is 52.6 Å². The summed E-state index contributed by atoms with van der Waals surface area (Å²) >= 11 is 0. The van der Waals surface area contributed by atoms with Crippen LogP contribution in [0.15, 0.2) is 21.9 Å². The molecular weight excluding hydrogens is 457 g/mol. The number of carbonyl (C=O) groups is 1. The van der Waals surface area contributed by atoms with E-state index in [4.69, 9.17) is 28.8 Å². The molecule has 6 atom stereocenters. The van der Waals surface area contributed by atoms with Gasteiger partial charge in [0.05, 0.1) is 24.7 Å². The first-order valence-corrected chi connectivity index (χ1v) is 12.6. The van der Waals surface area contributed by atoms with E-state index in [-0.39, 0.29) is 31.7 Å². The standard InChI is InChI=1S/C20H30N3O9P/c1-12(17(25)30-13-5-3-4-6-13)8-10-28-33(27)29-11-14-16(32-33)20(2,21)18(31-14)23-9-7-15(24)22-19(23)26/h7,9,12-14,16,18H,3-6,8,10-11,21H2,1-2H3,(H,22,24,26)/t12?,14-,16-,18-,20-,33?/m1/s1. The Morgan fingerprint density at radius 1 is 1.39 bits per heavy atom. The Labute approximate surface area is 190 Å². The predicted octanol–water partition coefficient (Wildman–Crippen LogP) is 1.20. The number of carbonyl (C=O) groups excluding carboxylic acids is 1. The molecule has 12 nitrogen and oxygen atoms in total. The Hall–Kier alpha value is -1.82. The molecule has 3 aliphatic rings. The van der Waals surface area contributed by atoms with Gasteiger partial charge in [-0.1, -0.05) is 6.92 Å². The molecule has 2 saturated heterocycles. The zero-order valence-electron chi connectivity index (χ0n) is 18.6. The molecule has 33 heavy (non-hydrogen) atoms. The number of phosphoric acid groups is 1. The molecular formula is C20H30N3O9P. The van der Waals surface area contributed by atoms with E-state index in [0.717, 1.165) is 30.3 Å². The van der Waals surface area contributed by atoms with Gasteiger partial charge in [-0.05, 0) is 39.0 Å². The molecule has 1 aromatic heterocycles. The summed E-state index contributed by atoms with van der Waals surface area (Å²) in [7, 11) is -3.97. The smallest absolute Gasteiger partial charge is 0.462 e. The maximum Gasteiger partial charge on any atom is 0.475 e. The number of nitrogens with one attached hydrogen (secondary N) is 1. The first kappa shape index (κ1) is 24.3. The Kier molecular flexibility index (Phi) is 6.95. The number of hydrogen-bond acceptors (Lipinski definition) is 10. The van der Waals surface area contributed by atoms with E-state index < -0.39 is 49.0 Å². The number of rotatable bonds is 7. The third-order valence-electron chi connectivity index (χ3n) is 6.32. The lowest BCUT2D eigenvalue weighted by Gasteiger charge is -2.35. The lowest BCUT2D eigenvalue weighted by Crippen LogP contribution is -2.55. The highest BCUT2D eigenvalue weighted by molar-refractivity contribution is 7.48. The first-order valence-electron chi connectivity index (χ1n) is 11.1. The number of hydrogen-bond donors (Lipinski definition) is 2. The van der Waals surface area contributed by atoms with Crippen LogP contribution in [0.4, 0.5) is 0 Å². The van der Waals surface area contributed by atoms with Gasteiger partial charge in [-0.15, -0.1) is 0 Å². The van der Waals surface area contributed by atoms with Gasteiger partial charge in [0.25, 0.3) is 5.56 Å². The van der Waals surface area contributed by atoms with Crippen LogP contribution >= 0.6 is 7.82 Å². The maximum absolute atomic E-state index is 13.0. The van der Waals surface area contributed by atoms with Crippen LogP contribution in [0.5, 0.6) is 0 Å². The van der Waals surface area contributed by atoms with Crippen molar-refractivity contribution in [2.75, 3.05) is 13.2 Å². The number of nitrogens with zero attached hydrogens (tertiary/aromatic N) is 1. The highest BCUT2D eigenvalue weighted by Crippen LogP contribution is 2.58. The molecule has 1 saturated carbocycles. The Balaban J connectivity index is 1.35. The van der Waals surface area contributed by atoms with Crippen LogP contribution in [0.2, 0.25) is 0 Å². The lowest BCUT2D eigenvalue weighted by molar-refractivity contribution is -0.153. The summed E-state index contributed by atoms with van der Waals surface area (Å²) in [6.45, 7) is 3.16. The van der Waals surface area contributed by atoms with Crippen LogP contribution in [0, 0.1) is 5.92 Å². The van der Waals surface area contributed by atoms with Gasteiger partial charge in [0, 0.05) is 12.3 Å². The van der Waals surface area contributed by atoms with Gasteiger partial charge in [0.1, 0.15) is 18.3 Å². The zero-order valence-corrected chi connectivity index (χ0v) is 19.5. The average molecular weight is 487 g/mol. The highest BCUT2D eigenvalue weighted by Gasteiger charge is 2.59. The van der Waals surface area contributed by atoms with Crippen molar-refractivity contribution in [2.45, 2.75) is 76.0 Å². The fourth-order valence-corrected chi connectivity index (χ4v) is 5.85. The van der Waals surface area contributed by atoms with Crippen molar-refractivity contribution in [3.63, 3.8) is 0 Å². The van der Waals surface area contributed by atoms with E-state index in [1.54, 1.807) is 13.8 Å². The third-order valence-corrected chi connectivity index (χ3v) is 7.77. The van der Waals surface area contributed by atoms with Crippen LogP contribution in [0.25, 0.3) is 0 Å². The highest BCUT2D eigenvalue weighted by atomic mass is 31.2. The minimum Gasteiger partial charge on any atom is -0.462 e. The van der Waals surface area contributed by atoms with Gasteiger partial charge in [-0.25, -0.2) is 9.36 Å². The second-order valence-corrected chi connectivity index (χ2v) is 10.7. The summed E-state index contributed by atoms with van der Waals surface area (Å²) in [6, 6.07) is 1.17. The minimum absolute atomic E-state index is 0.0198. The Bertz CT molecular complexity index is 1030. The second-order valence-electron chi connectivity index (χ2n) is 9.05. The van der Waals surface area contributed by atoms with Crippen molar-refractivity contribution in [3.05, 3.63) is 33.1 Å². The summed E-state index contributed by atoms with van der Waals surface area (Å²) in [5, 5.41) is 0. The van der Waals surface area contributed by atoms with Crippen LogP contribution in [0.3, 0.4) is 0 Å². The summed E-state index contributed by atoms with van der Waals surface area (Å²) < 4.78 is 41.9. The molecule has 1 aromatic rings. The topological polar surface area (TPSA) is 161 Å². The number of phosphoric ester groups is 1. The normalized spacial score (nSPS) is 35.3. The van der Waals surface area contributed by atoms with Gasteiger partial charge in [0.15, 0.2) is 6.23 Å². The van der Waals surface area contributed by atoms with Crippen molar-refractivity contribution in [1.29, 1.82) is 0 Å². The van der Waals surface area contributed by atoms with Gasteiger partial charge >= 0.3 is 19.5 Å². The molecule has 0 spiro atoms. The van der Waals surface area contributed by atoms with E-state index in [1.165, 1.54) is 12.3 Å². The summed E-state index contributed by atoms with van der Waals surface area (Å²) in [6.07, 6.45) is 2.86. The van der Waals surface area contributed by atoms with E-state index >= 15 is 0 Å². The van der Waals surface area contributed by atoms with E-state index in [1.807, 2.05) is 0 Å². The molecule has 0 bridgehead atoms. The van der Waals surface area contributed by atoms with Crippen LogP contribution < -0.4 is 17.0 Å². The SMILES string of the molecule is CC(CCOP1(=O)OC[C@H]2O[C@@H](n3ccc(=O)[nH]c3=O)[C@](C)(N)[C@@H]2O1)C(=O)OC1CCCC1. The number of nitrogens with two attached hydrogens (primary N) is 1.